The lowest BCUT2D eigenvalue weighted by molar-refractivity contribution is 0.121. The molecule has 1 N–H and O–H groups in total. The van der Waals surface area contributed by atoms with E-state index in [0.29, 0.717) is 5.75 Å². The smallest absolute Gasteiger partial charge is 0.131 e. The monoisotopic (exact) mass is 400 g/mol. The molecule has 0 bridgehead atoms. The molecule has 1 heterocycles. The highest BCUT2D eigenvalue weighted by atomic mass is 16.5. The van der Waals surface area contributed by atoms with Crippen LogP contribution < -0.4 is 4.74 Å². The molecule has 0 amide bonds. The van der Waals surface area contributed by atoms with Gasteiger partial charge in [-0.2, -0.15) is 0 Å². The van der Waals surface area contributed by atoms with E-state index < -0.39 is 0 Å². The van der Waals surface area contributed by atoms with Crippen molar-refractivity contribution in [2.24, 2.45) is 17.8 Å². The molecule has 0 saturated heterocycles. The molecule has 0 radical (unpaired) electrons. The number of aromatic hydroxyl groups is 1. The van der Waals surface area contributed by atoms with Gasteiger partial charge in [0.1, 0.15) is 17.1 Å². The first-order valence-electron chi connectivity index (χ1n) is 11.9. The second-order valence-corrected chi connectivity index (χ2v) is 10.3. The summed E-state index contributed by atoms with van der Waals surface area (Å²) in [6.07, 6.45) is 16.0. The third-order valence-electron chi connectivity index (χ3n) is 6.48. The Morgan fingerprint density at radius 3 is 2.10 bits per heavy atom. The van der Waals surface area contributed by atoms with Crippen molar-refractivity contribution in [1.82, 2.24) is 0 Å². The Morgan fingerprint density at radius 2 is 1.48 bits per heavy atom. The average molecular weight is 401 g/mol. The summed E-state index contributed by atoms with van der Waals surface area (Å²) < 4.78 is 6.36. The van der Waals surface area contributed by atoms with Crippen molar-refractivity contribution in [1.29, 1.82) is 0 Å². The third kappa shape index (κ3) is 8.07. The van der Waals surface area contributed by atoms with Crippen molar-refractivity contribution in [2.45, 2.75) is 105 Å². The van der Waals surface area contributed by atoms with Crippen LogP contribution in [0.25, 0.3) is 6.08 Å². The predicted octanol–water partition coefficient (Wildman–Crippen LogP) is 8.30. The van der Waals surface area contributed by atoms with E-state index in [0.717, 1.165) is 41.1 Å². The summed E-state index contributed by atoms with van der Waals surface area (Å²) in [5.41, 5.74) is 1.75. The molecule has 0 saturated carbocycles. The van der Waals surface area contributed by atoms with E-state index >= 15 is 0 Å². The lowest BCUT2D eigenvalue weighted by atomic mass is 9.89. The van der Waals surface area contributed by atoms with E-state index in [1.165, 1.54) is 51.4 Å². The number of phenols is 1. The van der Waals surface area contributed by atoms with Crippen molar-refractivity contribution in [3.8, 4) is 11.5 Å². The second kappa shape index (κ2) is 11.1. The van der Waals surface area contributed by atoms with Crippen molar-refractivity contribution in [3.05, 3.63) is 29.3 Å². The first-order valence-corrected chi connectivity index (χ1v) is 11.9. The van der Waals surface area contributed by atoms with Crippen molar-refractivity contribution < 1.29 is 9.84 Å². The van der Waals surface area contributed by atoms with E-state index in [2.05, 4.69) is 46.8 Å². The Kier molecular flexibility index (Phi) is 9.11. The molecule has 2 rings (SSSR count). The molecule has 1 aliphatic rings. The van der Waals surface area contributed by atoms with Crippen molar-refractivity contribution in [3.63, 3.8) is 0 Å². The van der Waals surface area contributed by atoms with Gasteiger partial charge in [-0.3, -0.25) is 0 Å². The molecule has 0 aromatic heterocycles. The largest absolute Gasteiger partial charge is 0.508 e. The molecular formula is C27H44O2. The average Bonchev–Trinajstić information content (AvgIpc) is 2.62. The SMILES string of the molecule is Cc1cc(O)cc2c1OC(C)(CCC[C@H](C)CCC[C@H](C)CCCC(C)C)C=C2. The van der Waals surface area contributed by atoms with Crippen LogP contribution in [-0.4, -0.2) is 10.7 Å². The van der Waals surface area contributed by atoms with Crippen LogP contribution in [0.2, 0.25) is 0 Å². The molecule has 1 unspecified atom stereocenters. The van der Waals surface area contributed by atoms with Gasteiger partial charge in [-0.15, -0.1) is 0 Å². The Labute approximate surface area is 179 Å². The quantitative estimate of drug-likeness (QED) is 0.382. The number of hydrogen-bond donors (Lipinski definition) is 1. The van der Waals surface area contributed by atoms with Crippen molar-refractivity contribution >= 4 is 6.08 Å². The van der Waals surface area contributed by atoms with Crippen LogP contribution in [0, 0.1) is 24.7 Å². The van der Waals surface area contributed by atoms with Gasteiger partial charge in [-0.05, 0) is 68.2 Å². The molecule has 0 spiro atoms. The highest BCUT2D eigenvalue weighted by Gasteiger charge is 2.28. The molecule has 0 aliphatic carbocycles. The van der Waals surface area contributed by atoms with Gasteiger partial charge < -0.3 is 9.84 Å². The molecule has 1 aromatic carbocycles. The maximum atomic E-state index is 9.78. The predicted molar refractivity (Wildman–Crippen MR) is 126 cm³/mol. The molecule has 3 atom stereocenters. The van der Waals surface area contributed by atoms with E-state index in [-0.39, 0.29) is 5.60 Å². The minimum absolute atomic E-state index is 0.237. The Morgan fingerprint density at radius 1 is 0.897 bits per heavy atom. The summed E-state index contributed by atoms with van der Waals surface area (Å²) in [4.78, 5) is 0. The zero-order valence-corrected chi connectivity index (χ0v) is 19.8. The summed E-state index contributed by atoms with van der Waals surface area (Å²) in [5, 5.41) is 9.78. The van der Waals surface area contributed by atoms with Crippen LogP contribution in [0.3, 0.4) is 0 Å². The number of benzene rings is 1. The van der Waals surface area contributed by atoms with E-state index in [4.69, 9.17) is 4.74 Å². The first kappa shape index (κ1) is 23.8. The summed E-state index contributed by atoms with van der Waals surface area (Å²) in [5.74, 6) is 3.74. The Hall–Kier alpha value is -1.44. The molecule has 29 heavy (non-hydrogen) atoms. The molecule has 2 heteroatoms. The zero-order valence-electron chi connectivity index (χ0n) is 19.8. The normalized spacial score (nSPS) is 20.4. The number of rotatable bonds is 12. The number of fused-ring (bicyclic) bond motifs is 1. The van der Waals surface area contributed by atoms with Gasteiger partial charge in [0.25, 0.3) is 0 Å². The standard InChI is InChI=1S/C27H44O2/c1-20(2)10-7-11-21(3)12-8-13-22(4)14-9-16-27(6)17-15-24-19-25(28)18-23(5)26(24)29-27/h15,17-22,28H,7-14,16H2,1-6H3/t21-,22-,27?/m1/s1. The van der Waals surface area contributed by atoms with Crippen LogP contribution in [0.4, 0.5) is 0 Å². The number of hydrogen-bond acceptors (Lipinski definition) is 2. The minimum Gasteiger partial charge on any atom is -0.508 e. The van der Waals surface area contributed by atoms with Gasteiger partial charge in [-0.1, -0.05) is 78.7 Å². The minimum atomic E-state index is -0.237. The van der Waals surface area contributed by atoms with Gasteiger partial charge in [0, 0.05) is 5.56 Å². The molecule has 1 aliphatic heterocycles. The van der Waals surface area contributed by atoms with E-state index in [9.17, 15) is 5.11 Å². The highest BCUT2D eigenvalue weighted by molar-refractivity contribution is 5.65. The van der Waals surface area contributed by atoms with Gasteiger partial charge in [-0.25, -0.2) is 0 Å². The highest BCUT2D eigenvalue weighted by Crippen LogP contribution is 2.38. The van der Waals surface area contributed by atoms with Gasteiger partial charge in [0.2, 0.25) is 0 Å². The van der Waals surface area contributed by atoms with Gasteiger partial charge in [0.05, 0.1) is 0 Å². The zero-order chi connectivity index (χ0) is 21.4. The van der Waals surface area contributed by atoms with Crippen molar-refractivity contribution in [2.75, 3.05) is 0 Å². The lowest BCUT2D eigenvalue weighted by Gasteiger charge is -2.33. The third-order valence-corrected chi connectivity index (χ3v) is 6.48. The summed E-state index contributed by atoms with van der Waals surface area (Å²) in [6, 6.07) is 3.56. The first-order chi connectivity index (χ1) is 13.7. The fourth-order valence-electron chi connectivity index (χ4n) is 4.49. The number of aryl methyl sites for hydroxylation is 1. The van der Waals surface area contributed by atoms with Crippen LogP contribution in [0.15, 0.2) is 18.2 Å². The maximum absolute atomic E-state index is 9.78. The van der Waals surface area contributed by atoms with Crippen LogP contribution >= 0.6 is 0 Å². The summed E-state index contributed by atoms with van der Waals surface area (Å²) in [7, 11) is 0. The number of ether oxygens (including phenoxy) is 1. The molecule has 1 aromatic rings. The molecule has 2 nitrogen and oxygen atoms in total. The van der Waals surface area contributed by atoms with Crippen LogP contribution in [0.1, 0.15) is 104 Å². The maximum Gasteiger partial charge on any atom is 0.131 e. The molecule has 0 fully saturated rings. The Bertz CT molecular complexity index is 661. The lowest BCUT2D eigenvalue weighted by Crippen LogP contribution is -2.32. The van der Waals surface area contributed by atoms with E-state index in [1.807, 2.05) is 6.92 Å². The van der Waals surface area contributed by atoms with Gasteiger partial charge >= 0.3 is 0 Å². The van der Waals surface area contributed by atoms with E-state index in [1.54, 1.807) is 12.1 Å². The topological polar surface area (TPSA) is 29.5 Å². The second-order valence-electron chi connectivity index (χ2n) is 10.3. The molecular weight excluding hydrogens is 356 g/mol. The Balaban J connectivity index is 1.66. The van der Waals surface area contributed by atoms with Crippen LogP contribution in [-0.2, 0) is 0 Å². The fraction of sp³-hybridized carbons (Fsp3) is 0.704. The summed E-state index contributed by atoms with van der Waals surface area (Å²) in [6.45, 7) is 13.7. The summed E-state index contributed by atoms with van der Waals surface area (Å²) >= 11 is 0. The number of phenolic OH excluding ortho intramolecular Hbond substituents is 1. The fourth-order valence-corrected chi connectivity index (χ4v) is 4.49. The van der Waals surface area contributed by atoms with Gasteiger partial charge in [0.15, 0.2) is 0 Å². The van der Waals surface area contributed by atoms with Crippen LogP contribution in [0.5, 0.6) is 11.5 Å². The molecule has 164 valence electrons.